The van der Waals surface area contributed by atoms with Crippen molar-refractivity contribution in [2.45, 2.75) is 65.2 Å². The third-order valence-electron chi connectivity index (χ3n) is 4.05. The smallest absolute Gasteiger partial charge is 0.226 e. The number of hydrogen-bond acceptors (Lipinski definition) is 3. The van der Waals surface area contributed by atoms with Crippen LogP contribution in [0.25, 0.3) is 11.3 Å². The lowest BCUT2D eigenvalue weighted by Gasteiger charge is -2.18. The van der Waals surface area contributed by atoms with Crippen molar-refractivity contribution in [3.63, 3.8) is 0 Å². The third kappa shape index (κ3) is 5.45. The minimum absolute atomic E-state index is 0.0649. The molecule has 2 aromatic rings. The Balaban J connectivity index is 1.94. The topological polar surface area (TPSA) is 42.0 Å². The molecule has 0 aliphatic carbocycles. The van der Waals surface area contributed by atoms with Crippen molar-refractivity contribution in [2.75, 3.05) is 5.32 Å². The second-order valence-electron chi connectivity index (χ2n) is 7.22. The lowest BCUT2D eigenvalue weighted by atomic mass is 9.86. The molecule has 0 radical (unpaired) electrons. The number of anilines is 1. The van der Waals surface area contributed by atoms with Gasteiger partial charge in [0.05, 0.1) is 5.69 Å². The lowest BCUT2D eigenvalue weighted by molar-refractivity contribution is -0.116. The Morgan fingerprint density at radius 1 is 1.12 bits per heavy atom. The normalized spacial score (nSPS) is 11.5. The lowest BCUT2D eigenvalue weighted by Crippen LogP contribution is -2.11. The van der Waals surface area contributed by atoms with Crippen LogP contribution < -0.4 is 5.32 Å². The van der Waals surface area contributed by atoms with Crippen LogP contribution >= 0.6 is 11.3 Å². The monoisotopic (exact) mass is 344 g/mol. The molecule has 1 amide bonds. The van der Waals surface area contributed by atoms with E-state index >= 15 is 0 Å². The number of carbonyl (C=O) groups excluding carboxylic acids is 1. The van der Waals surface area contributed by atoms with Crippen LogP contribution in [0, 0.1) is 0 Å². The van der Waals surface area contributed by atoms with Gasteiger partial charge in [0, 0.05) is 17.4 Å². The fourth-order valence-electron chi connectivity index (χ4n) is 2.50. The van der Waals surface area contributed by atoms with Gasteiger partial charge in [-0.05, 0) is 17.4 Å². The van der Waals surface area contributed by atoms with Gasteiger partial charge in [-0.3, -0.25) is 4.79 Å². The Hall–Kier alpha value is -1.68. The molecule has 24 heavy (non-hydrogen) atoms. The zero-order valence-corrected chi connectivity index (χ0v) is 16.0. The fourth-order valence-corrected chi connectivity index (χ4v) is 3.23. The number of unbranched alkanes of at least 4 members (excludes halogenated alkanes) is 3. The molecule has 2 rings (SSSR count). The molecule has 0 fully saturated rings. The molecule has 130 valence electrons. The first kappa shape index (κ1) is 18.7. The summed E-state index contributed by atoms with van der Waals surface area (Å²) in [4.78, 5) is 16.5. The highest BCUT2D eigenvalue weighted by atomic mass is 32.1. The first-order valence-electron chi connectivity index (χ1n) is 8.76. The molecule has 0 aliphatic heterocycles. The largest absolute Gasteiger partial charge is 0.302 e. The maximum atomic E-state index is 11.9. The summed E-state index contributed by atoms with van der Waals surface area (Å²) in [7, 11) is 0. The highest BCUT2D eigenvalue weighted by molar-refractivity contribution is 7.14. The fraction of sp³-hybridized carbons (Fsp3) is 0.500. The van der Waals surface area contributed by atoms with Gasteiger partial charge in [0.25, 0.3) is 0 Å². The molecule has 1 aromatic heterocycles. The molecule has 0 unspecified atom stereocenters. The molecule has 0 bridgehead atoms. The number of aromatic nitrogens is 1. The van der Waals surface area contributed by atoms with E-state index in [1.165, 1.54) is 29.7 Å². The van der Waals surface area contributed by atoms with Crippen molar-refractivity contribution in [3.8, 4) is 11.3 Å². The van der Waals surface area contributed by atoms with Crippen molar-refractivity contribution in [1.29, 1.82) is 0 Å². The Morgan fingerprint density at radius 2 is 1.83 bits per heavy atom. The van der Waals surface area contributed by atoms with E-state index in [0.29, 0.717) is 11.6 Å². The van der Waals surface area contributed by atoms with Gasteiger partial charge in [-0.1, -0.05) is 71.2 Å². The van der Waals surface area contributed by atoms with Crippen LogP contribution in [0.1, 0.15) is 65.4 Å². The number of nitrogens with one attached hydrogen (secondary N) is 1. The average Bonchev–Trinajstić information content (AvgIpc) is 2.99. The van der Waals surface area contributed by atoms with Crippen molar-refractivity contribution in [3.05, 3.63) is 35.2 Å². The van der Waals surface area contributed by atoms with Gasteiger partial charge in [0.15, 0.2) is 5.13 Å². The Bertz CT molecular complexity index is 653. The molecule has 1 heterocycles. The molecule has 1 N–H and O–H groups in total. The molecule has 0 saturated heterocycles. The molecular weight excluding hydrogens is 316 g/mol. The van der Waals surface area contributed by atoms with E-state index in [0.717, 1.165) is 24.1 Å². The van der Waals surface area contributed by atoms with E-state index in [9.17, 15) is 4.79 Å². The molecule has 3 nitrogen and oxygen atoms in total. The summed E-state index contributed by atoms with van der Waals surface area (Å²) in [6.07, 6.45) is 5.03. The SMILES string of the molecule is CCCCCCC(=O)Nc1nc(-c2ccc(C(C)(C)C)cc2)cs1. The summed E-state index contributed by atoms with van der Waals surface area (Å²) in [5, 5.41) is 5.60. The molecule has 0 atom stereocenters. The van der Waals surface area contributed by atoms with Crippen molar-refractivity contribution in [2.24, 2.45) is 0 Å². The predicted octanol–water partition coefficient (Wildman–Crippen LogP) is 6.02. The summed E-state index contributed by atoms with van der Waals surface area (Å²) in [5.41, 5.74) is 3.46. The van der Waals surface area contributed by atoms with Crippen molar-refractivity contribution < 1.29 is 4.79 Å². The summed E-state index contributed by atoms with van der Waals surface area (Å²) < 4.78 is 0. The highest BCUT2D eigenvalue weighted by Gasteiger charge is 2.14. The quantitative estimate of drug-likeness (QED) is 0.624. The number of hydrogen-bond donors (Lipinski definition) is 1. The van der Waals surface area contributed by atoms with Crippen molar-refractivity contribution >= 4 is 22.4 Å². The maximum Gasteiger partial charge on any atom is 0.226 e. The van der Waals surface area contributed by atoms with E-state index in [-0.39, 0.29) is 11.3 Å². The number of nitrogens with zero attached hydrogens (tertiary/aromatic N) is 1. The van der Waals surface area contributed by atoms with Crippen LogP contribution in [0.2, 0.25) is 0 Å². The number of thiazole rings is 1. The summed E-state index contributed by atoms with van der Waals surface area (Å²) in [6, 6.07) is 8.51. The first-order chi connectivity index (χ1) is 11.4. The van der Waals surface area contributed by atoms with Gasteiger partial charge in [-0.2, -0.15) is 0 Å². The third-order valence-corrected chi connectivity index (χ3v) is 4.81. The zero-order chi connectivity index (χ0) is 17.6. The van der Waals surface area contributed by atoms with Gasteiger partial charge >= 0.3 is 0 Å². The molecule has 0 saturated carbocycles. The predicted molar refractivity (Wildman–Crippen MR) is 104 cm³/mol. The van der Waals surface area contributed by atoms with Crippen LogP contribution in [0.15, 0.2) is 29.6 Å². The summed E-state index contributed by atoms with van der Waals surface area (Å²) in [6.45, 7) is 8.79. The maximum absolute atomic E-state index is 11.9. The first-order valence-corrected chi connectivity index (χ1v) is 9.64. The Labute approximate surface area is 149 Å². The van der Waals surface area contributed by atoms with E-state index in [1.807, 2.05) is 5.38 Å². The molecule has 4 heteroatoms. The number of benzene rings is 1. The van der Waals surface area contributed by atoms with Crippen LogP contribution in [0.5, 0.6) is 0 Å². The van der Waals surface area contributed by atoms with E-state index in [4.69, 9.17) is 0 Å². The van der Waals surface area contributed by atoms with Crippen molar-refractivity contribution in [1.82, 2.24) is 4.98 Å². The molecule has 0 spiro atoms. The van der Waals surface area contributed by atoms with Crippen LogP contribution in [0.3, 0.4) is 0 Å². The highest BCUT2D eigenvalue weighted by Crippen LogP contribution is 2.28. The van der Waals surface area contributed by atoms with E-state index in [2.05, 4.69) is 62.3 Å². The minimum atomic E-state index is 0.0649. The number of rotatable bonds is 7. The Morgan fingerprint density at radius 3 is 2.46 bits per heavy atom. The van der Waals surface area contributed by atoms with Gasteiger partial charge in [0.2, 0.25) is 5.91 Å². The standard InChI is InChI=1S/C20H28N2OS/c1-5-6-7-8-9-18(23)22-19-21-17(14-24-19)15-10-12-16(13-11-15)20(2,3)4/h10-14H,5-9H2,1-4H3,(H,21,22,23). The zero-order valence-electron chi connectivity index (χ0n) is 15.2. The van der Waals surface area contributed by atoms with Crippen LogP contribution in [-0.4, -0.2) is 10.9 Å². The number of carbonyl (C=O) groups is 1. The second kappa shape index (κ2) is 8.43. The summed E-state index contributed by atoms with van der Waals surface area (Å²) >= 11 is 1.48. The van der Waals surface area contributed by atoms with Gasteiger partial charge < -0.3 is 5.32 Å². The Kier molecular flexibility index (Phi) is 6.55. The molecular formula is C20H28N2OS. The molecule has 1 aromatic carbocycles. The minimum Gasteiger partial charge on any atom is -0.302 e. The van der Waals surface area contributed by atoms with E-state index < -0.39 is 0 Å². The average molecular weight is 345 g/mol. The van der Waals surface area contributed by atoms with Gasteiger partial charge in [0.1, 0.15) is 0 Å². The van der Waals surface area contributed by atoms with Crippen LogP contribution in [0.4, 0.5) is 5.13 Å². The summed E-state index contributed by atoms with van der Waals surface area (Å²) in [5.74, 6) is 0.0649. The van der Waals surface area contributed by atoms with E-state index in [1.54, 1.807) is 0 Å². The number of amides is 1. The molecule has 0 aliphatic rings. The van der Waals surface area contributed by atoms with Gasteiger partial charge in [-0.25, -0.2) is 4.98 Å². The second-order valence-corrected chi connectivity index (χ2v) is 8.08. The van der Waals surface area contributed by atoms with Crippen LogP contribution in [-0.2, 0) is 10.2 Å². The van der Waals surface area contributed by atoms with Gasteiger partial charge in [-0.15, -0.1) is 11.3 Å².